The average molecular weight is 563 g/mol. The third kappa shape index (κ3) is 11.3. The van der Waals surface area contributed by atoms with E-state index in [9.17, 15) is 9.59 Å². The zero-order valence-corrected chi connectivity index (χ0v) is 24.8. The van der Waals surface area contributed by atoms with Gasteiger partial charge in [0.05, 0.1) is 47.0 Å². The van der Waals surface area contributed by atoms with Crippen LogP contribution < -0.4 is 14.2 Å². The Labute approximate surface area is 244 Å². The smallest absolute Gasteiger partial charge is 0.365 e. The van der Waals surface area contributed by atoms with E-state index >= 15 is 0 Å². The SMILES string of the molecule is COc1ccc(C(=O)Oc2ccc(OCCCCCCCCOC(=O)C(Cc3ccccc3)[N+](C)(C)C)cc2)cc1. The molecule has 3 aromatic carbocycles. The number of methoxy groups -OCH3 is 1. The van der Waals surface area contributed by atoms with Gasteiger partial charge in [-0.25, -0.2) is 9.59 Å². The molecule has 0 saturated heterocycles. The lowest BCUT2D eigenvalue weighted by Gasteiger charge is -2.32. The van der Waals surface area contributed by atoms with Crippen LogP contribution in [0.5, 0.6) is 17.2 Å². The van der Waals surface area contributed by atoms with Crippen LogP contribution in [0, 0.1) is 0 Å². The molecule has 0 N–H and O–H groups in total. The van der Waals surface area contributed by atoms with Crippen LogP contribution in [-0.2, 0) is 16.0 Å². The fourth-order valence-corrected chi connectivity index (χ4v) is 4.38. The lowest BCUT2D eigenvalue weighted by Crippen LogP contribution is -2.51. The molecule has 0 bridgehead atoms. The number of hydrogen-bond donors (Lipinski definition) is 0. The molecule has 3 aromatic rings. The van der Waals surface area contributed by atoms with Crippen LogP contribution in [0.15, 0.2) is 78.9 Å². The molecule has 220 valence electrons. The summed E-state index contributed by atoms with van der Waals surface area (Å²) < 4.78 is 22.6. The van der Waals surface area contributed by atoms with Crippen molar-refractivity contribution in [3.63, 3.8) is 0 Å². The standard InChI is InChI=1S/C34H44NO6/c1-35(2,3)32(26-27-14-10-9-11-15-27)34(37)40-25-13-8-6-5-7-12-24-39-30-20-22-31(23-21-30)41-33(36)28-16-18-29(38-4)19-17-28/h9-11,14-23,32H,5-8,12-13,24-26H2,1-4H3/q+1. The van der Waals surface area contributed by atoms with E-state index in [1.165, 1.54) is 0 Å². The first-order valence-electron chi connectivity index (χ1n) is 14.4. The fraction of sp³-hybridized carbons (Fsp3) is 0.412. The van der Waals surface area contributed by atoms with Crippen LogP contribution in [0.1, 0.15) is 54.4 Å². The minimum absolute atomic E-state index is 0.123. The largest absolute Gasteiger partial charge is 0.497 e. The molecule has 1 unspecified atom stereocenters. The predicted octanol–water partition coefficient (Wildman–Crippen LogP) is 6.49. The monoisotopic (exact) mass is 562 g/mol. The van der Waals surface area contributed by atoms with Crippen molar-refractivity contribution in [3.8, 4) is 17.2 Å². The summed E-state index contributed by atoms with van der Waals surface area (Å²) in [6.45, 7) is 1.11. The number of carbonyl (C=O) groups is 2. The van der Waals surface area contributed by atoms with Crippen LogP contribution in [0.2, 0.25) is 0 Å². The van der Waals surface area contributed by atoms with Gasteiger partial charge in [0.2, 0.25) is 0 Å². The molecule has 0 aliphatic carbocycles. The summed E-state index contributed by atoms with van der Waals surface area (Å²) in [5.41, 5.74) is 1.61. The topological polar surface area (TPSA) is 71.1 Å². The number of likely N-dealkylation sites (N-methyl/N-ethyl adjacent to an activating group) is 1. The van der Waals surface area contributed by atoms with Gasteiger partial charge >= 0.3 is 11.9 Å². The molecule has 41 heavy (non-hydrogen) atoms. The van der Waals surface area contributed by atoms with Crippen molar-refractivity contribution in [1.82, 2.24) is 0 Å². The number of esters is 2. The average Bonchev–Trinajstić information content (AvgIpc) is 2.97. The number of rotatable bonds is 17. The first-order valence-corrected chi connectivity index (χ1v) is 14.4. The Morgan fingerprint density at radius 2 is 1.24 bits per heavy atom. The summed E-state index contributed by atoms with van der Waals surface area (Å²) in [4.78, 5) is 25.1. The molecule has 1 atom stereocenters. The van der Waals surface area contributed by atoms with E-state index in [0.29, 0.717) is 41.2 Å². The highest BCUT2D eigenvalue weighted by atomic mass is 16.5. The lowest BCUT2D eigenvalue weighted by molar-refractivity contribution is -0.887. The summed E-state index contributed by atoms with van der Waals surface area (Å²) in [7, 11) is 7.69. The van der Waals surface area contributed by atoms with E-state index in [1.54, 1.807) is 55.6 Å². The summed E-state index contributed by atoms with van der Waals surface area (Å²) >= 11 is 0. The number of nitrogens with zero attached hydrogens (tertiary/aromatic N) is 1. The molecule has 0 aromatic heterocycles. The van der Waals surface area contributed by atoms with Gasteiger partial charge in [-0.1, -0.05) is 56.0 Å². The predicted molar refractivity (Wildman–Crippen MR) is 161 cm³/mol. The van der Waals surface area contributed by atoms with Crippen molar-refractivity contribution in [3.05, 3.63) is 90.0 Å². The highest BCUT2D eigenvalue weighted by Crippen LogP contribution is 2.20. The molecule has 0 spiro atoms. The van der Waals surface area contributed by atoms with Gasteiger partial charge in [-0.05, 0) is 66.9 Å². The Kier molecular flexibility index (Phi) is 12.7. The van der Waals surface area contributed by atoms with Crippen LogP contribution in [0.3, 0.4) is 0 Å². The lowest BCUT2D eigenvalue weighted by atomic mass is 10.0. The summed E-state index contributed by atoms with van der Waals surface area (Å²) in [5, 5.41) is 0. The number of ether oxygens (including phenoxy) is 4. The maximum atomic E-state index is 12.8. The minimum Gasteiger partial charge on any atom is -0.497 e. The molecule has 0 radical (unpaired) electrons. The number of benzene rings is 3. The molecule has 7 nitrogen and oxygen atoms in total. The molecule has 3 rings (SSSR count). The van der Waals surface area contributed by atoms with Gasteiger partial charge < -0.3 is 23.4 Å². The summed E-state index contributed by atoms with van der Waals surface area (Å²) in [6, 6.07) is 23.7. The van der Waals surface area contributed by atoms with Gasteiger partial charge in [-0.15, -0.1) is 0 Å². The van der Waals surface area contributed by atoms with Crippen LogP contribution in [-0.4, -0.2) is 63.9 Å². The second-order valence-electron chi connectivity index (χ2n) is 11.0. The normalized spacial score (nSPS) is 11.9. The van der Waals surface area contributed by atoms with E-state index in [4.69, 9.17) is 18.9 Å². The molecular weight excluding hydrogens is 518 g/mol. The van der Waals surface area contributed by atoms with Gasteiger partial charge in [0.15, 0.2) is 6.04 Å². The first kappa shape index (κ1) is 31.7. The van der Waals surface area contributed by atoms with E-state index in [0.717, 1.165) is 49.8 Å². The Balaban J connectivity index is 1.23. The summed E-state index contributed by atoms with van der Waals surface area (Å²) in [5.74, 6) is 1.35. The van der Waals surface area contributed by atoms with E-state index in [2.05, 4.69) is 12.1 Å². The molecular formula is C34H44NO6+. The second kappa shape index (κ2) is 16.4. The number of carbonyl (C=O) groups excluding carboxylic acids is 2. The molecule has 0 amide bonds. The van der Waals surface area contributed by atoms with E-state index in [1.807, 2.05) is 39.3 Å². The van der Waals surface area contributed by atoms with Gasteiger partial charge in [0.25, 0.3) is 0 Å². The molecule has 0 heterocycles. The zero-order valence-electron chi connectivity index (χ0n) is 24.8. The fourth-order valence-electron chi connectivity index (χ4n) is 4.38. The van der Waals surface area contributed by atoms with Gasteiger partial charge in [0.1, 0.15) is 17.2 Å². The van der Waals surface area contributed by atoms with E-state index in [-0.39, 0.29) is 12.0 Å². The highest BCUT2D eigenvalue weighted by Gasteiger charge is 2.33. The van der Waals surface area contributed by atoms with Crippen molar-refractivity contribution < 1.29 is 33.0 Å². The van der Waals surface area contributed by atoms with Gasteiger partial charge in [-0.3, -0.25) is 0 Å². The van der Waals surface area contributed by atoms with Crippen LogP contribution >= 0.6 is 0 Å². The van der Waals surface area contributed by atoms with Gasteiger partial charge in [-0.2, -0.15) is 0 Å². The Bertz CT molecular complexity index is 1190. The Morgan fingerprint density at radius 3 is 1.85 bits per heavy atom. The third-order valence-electron chi connectivity index (χ3n) is 6.89. The highest BCUT2D eigenvalue weighted by molar-refractivity contribution is 5.91. The number of unbranched alkanes of at least 4 members (excludes halogenated alkanes) is 5. The Morgan fingerprint density at radius 1 is 0.683 bits per heavy atom. The van der Waals surface area contributed by atoms with E-state index < -0.39 is 5.97 Å². The zero-order chi connectivity index (χ0) is 29.5. The quantitative estimate of drug-likeness (QED) is 0.0810. The second-order valence-corrected chi connectivity index (χ2v) is 11.0. The third-order valence-corrected chi connectivity index (χ3v) is 6.89. The maximum absolute atomic E-state index is 12.8. The molecule has 0 aliphatic rings. The number of hydrogen-bond acceptors (Lipinski definition) is 6. The van der Waals surface area contributed by atoms with Crippen LogP contribution in [0.25, 0.3) is 0 Å². The maximum Gasteiger partial charge on any atom is 0.365 e. The van der Waals surface area contributed by atoms with Gasteiger partial charge in [0, 0.05) is 6.42 Å². The molecule has 0 fully saturated rings. The molecule has 0 aliphatic heterocycles. The van der Waals surface area contributed by atoms with Crippen LogP contribution in [0.4, 0.5) is 0 Å². The van der Waals surface area contributed by atoms with Crippen molar-refractivity contribution in [2.45, 2.75) is 51.0 Å². The first-order chi connectivity index (χ1) is 19.8. The molecule has 7 heteroatoms. The van der Waals surface area contributed by atoms with Crippen molar-refractivity contribution >= 4 is 11.9 Å². The van der Waals surface area contributed by atoms with Crippen molar-refractivity contribution in [1.29, 1.82) is 0 Å². The molecule has 0 saturated carbocycles. The number of quaternary nitrogens is 1. The van der Waals surface area contributed by atoms with Crippen molar-refractivity contribution in [2.75, 3.05) is 41.5 Å². The summed E-state index contributed by atoms with van der Waals surface area (Å²) in [6.07, 6.45) is 6.87. The Hall–Kier alpha value is -3.84. The van der Waals surface area contributed by atoms with Crippen molar-refractivity contribution in [2.24, 2.45) is 0 Å². The minimum atomic E-state index is -0.420.